The molecular weight excluding hydrogens is 392 g/mol. The normalized spacial score (nSPS) is 13.8. The minimum Gasteiger partial charge on any atom is -0.493 e. The number of ether oxygens (including phenoxy) is 2. The molecule has 0 heterocycles. The smallest absolute Gasteiger partial charge is 0.258 e. The maximum atomic E-state index is 12.8. The van der Waals surface area contributed by atoms with Crippen molar-refractivity contribution in [1.82, 2.24) is 10.6 Å². The molecule has 2 N–H and O–H groups in total. The van der Waals surface area contributed by atoms with Crippen molar-refractivity contribution in [3.63, 3.8) is 0 Å². The largest absolute Gasteiger partial charge is 0.493 e. The summed E-state index contributed by atoms with van der Waals surface area (Å²) < 4.78 is 10.9. The van der Waals surface area contributed by atoms with Crippen molar-refractivity contribution >= 4 is 11.8 Å². The SMILES string of the molecule is COc1cc(C(=O)N[C@@H](C)c2ccc3c(c2)CCCC3)ccc1OCC(=O)NC(C)C. The van der Waals surface area contributed by atoms with Gasteiger partial charge in [0.2, 0.25) is 0 Å². The fourth-order valence-electron chi connectivity index (χ4n) is 3.82. The Kier molecular flexibility index (Phi) is 7.55. The summed E-state index contributed by atoms with van der Waals surface area (Å²) in [5, 5.41) is 5.83. The highest BCUT2D eigenvalue weighted by atomic mass is 16.5. The van der Waals surface area contributed by atoms with E-state index in [1.165, 1.54) is 31.1 Å². The standard InChI is InChI=1S/C25H32N2O4/c1-16(2)26-24(28)15-31-22-12-11-21(14-23(22)30-4)25(29)27-17(3)19-10-9-18-7-5-6-8-20(18)13-19/h9-14,16-17H,5-8,15H2,1-4H3,(H,26,28)(H,27,29)/t17-/m0/s1. The highest BCUT2D eigenvalue weighted by Gasteiger charge is 2.17. The average molecular weight is 425 g/mol. The van der Waals surface area contributed by atoms with E-state index >= 15 is 0 Å². The lowest BCUT2D eigenvalue weighted by molar-refractivity contribution is -0.123. The first-order chi connectivity index (χ1) is 14.9. The molecule has 0 aliphatic heterocycles. The Balaban J connectivity index is 1.65. The van der Waals surface area contributed by atoms with Crippen LogP contribution in [0.2, 0.25) is 0 Å². The van der Waals surface area contributed by atoms with Crippen molar-refractivity contribution < 1.29 is 19.1 Å². The minimum absolute atomic E-state index is 0.0428. The molecule has 0 radical (unpaired) electrons. The van der Waals surface area contributed by atoms with Gasteiger partial charge >= 0.3 is 0 Å². The molecule has 0 saturated heterocycles. The van der Waals surface area contributed by atoms with Gasteiger partial charge in [-0.3, -0.25) is 9.59 Å². The van der Waals surface area contributed by atoms with Crippen molar-refractivity contribution in [3.8, 4) is 11.5 Å². The zero-order chi connectivity index (χ0) is 22.4. The minimum atomic E-state index is -0.210. The maximum absolute atomic E-state index is 12.8. The number of carbonyl (C=O) groups excluding carboxylic acids is 2. The van der Waals surface area contributed by atoms with Gasteiger partial charge in [0.1, 0.15) is 0 Å². The van der Waals surface area contributed by atoms with Gasteiger partial charge in [0.05, 0.1) is 13.2 Å². The van der Waals surface area contributed by atoms with Gasteiger partial charge in [0, 0.05) is 11.6 Å². The Morgan fingerprint density at radius 3 is 2.39 bits per heavy atom. The van der Waals surface area contributed by atoms with Gasteiger partial charge < -0.3 is 20.1 Å². The third kappa shape index (κ3) is 6.00. The summed E-state index contributed by atoms with van der Waals surface area (Å²) in [5.74, 6) is 0.428. The van der Waals surface area contributed by atoms with Gasteiger partial charge in [-0.15, -0.1) is 0 Å². The van der Waals surface area contributed by atoms with E-state index in [2.05, 4.69) is 28.8 Å². The first-order valence-corrected chi connectivity index (χ1v) is 10.9. The fourth-order valence-corrected chi connectivity index (χ4v) is 3.82. The first-order valence-electron chi connectivity index (χ1n) is 10.9. The maximum Gasteiger partial charge on any atom is 0.258 e. The van der Waals surface area contributed by atoms with Crippen molar-refractivity contribution in [3.05, 3.63) is 58.7 Å². The lowest BCUT2D eigenvalue weighted by Gasteiger charge is -2.20. The third-order valence-corrected chi connectivity index (χ3v) is 5.45. The fraction of sp³-hybridized carbons (Fsp3) is 0.440. The van der Waals surface area contributed by atoms with Crippen molar-refractivity contribution in [2.45, 2.75) is 58.5 Å². The highest BCUT2D eigenvalue weighted by Crippen LogP contribution is 2.29. The van der Waals surface area contributed by atoms with Gasteiger partial charge in [0.25, 0.3) is 11.8 Å². The second kappa shape index (κ2) is 10.3. The molecule has 1 aliphatic rings. The van der Waals surface area contributed by atoms with Crippen LogP contribution in [0.3, 0.4) is 0 Å². The molecule has 0 unspecified atom stereocenters. The number of fused-ring (bicyclic) bond motifs is 1. The number of carbonyl (C=O) groups is 2. The number of nitrogens with one attached hydrogen (secondary N) is 2. The lowest BCUT2D eigenvalue weighted by atomic mass is 9.89. The predicted molar refractivity (Wildman–Crippen MR) is 121 cm³/mol. The number of hydrogen-bond acceptors (Lipinski definition) is 4. The molecule has 1 atom stereocenters. The van der Waals surface area contributed by atoms with Crippen molar-refractivity contribution in [2.24, 2.45) is 0 Å². The van der Waals surface area contributed by atoms with Crippen LogP contribution in [0, 0.1) is 0 Å². The summed E-state index contributed by atoms with van der Waals surface area (Å²) in [4.78, 5) is 24.6. The van der Waals surface area contributed by atoms with Crippen molar-refractivity contribution in [2.75, 3.05) is 13.7 Å². The van der Waals surface area contributed by atoms with Crippen LogP contribution in [0.1, 0.15) is 66.7 Å². The van der Waals surface area contributed by atoms with Gasteiger partial charge in [-0.1, -0.05) is 18.2 Å². The highest BCUT2D eigenvalue weighted by molar-refractivity contribution is 5.95. The monoisotopic (exact) mass is 424 g/mol. The summed E-state index contributed by atoms with van der Waals surface area (Å²) in [6.07, 6.45) is 4.73. The Bertz CT molecular complexity index is 939. The third-order valence-electron chi connectivity index (χ3n) is 5.45. The van der Waals surface area contributed by atoms with Crippen LogP contribution in [0.15, 0.2) is 36.4 Å². The summed E-state index contributed by atoms with van der Waals surface area (Å²) in [6.45, 7) is 5.65. The Hall–Kier alpha value is -3.02. The van der Waals surface area contributed by atoms with Gasteiger partial charge in [0.15, 0.2) is 18.1 Å². The van der Waals surface area contributed by atoms with E-state index in [0.717, 1.165) is 18.4 Å². The van der Waals surface area contributed by atoms with Crippen LogP contribution in [0.4, 0.5) is 0 Å². The predicted octanol–water partition coefficient (Wildman–Crippen LogP) is 3.97. The Morgan fingerprint density at radius 2 is 1.68 bits per heavy atom. The zero-order valence-electron chi connectivity index (χ0n) is 18.8. The molecule has 166 valence electrons. The number of rotatable bonds is 8. The van der Waals surface area contributed by atoms with E-state index in [1.807, 2.05) is 20.8 Å². The van der Waals surface area contributed by atoms with Gasteiger partial charge in [-0.2, -0.15) is 0 Å². The zero-order valence-corrected chi connectivity index (χ0v) is 18.8. The van der Waals surface area contributed by atoms with Crippen LogP contribution in [0.5, 0.6) is 11.5 Å². The molecule has 6 heteroatoms. The molecule has 0 spiro atoms. The molecular formula is C25H32N2O4. The topological polar surface area (TPSA) is 76.7 Å². The van der Waals surface area contributed by atoms with E-state index in [0.29, 0.717) is 17.1 Å². The summed E-state index contributed by atoms with van der Waals surface area (Å²) in [5.41, 5.74) is 4.41. The van der Waals surface area contributed by atoms with Gasteiger partial charge in [-0.25, -0.2) is 0 Å². The summed E-state index contributed by atoms with van der Waals surface area (Å²) >= 11 is 0. The van der Waals surface area contributed by atoms with Crippen LogP contribution in [-0.4, -0.2) is 31.6 Å². The van der Waals surface area contributed by atoms with Crippen LogP contribution in [0.25, 0.3) is 0 Å². The molecule has 0 aromatic heterocycles. The molecule has 6 nitrogen and oxygen atoms in total. The van der Waals surface area contributed by atoms with Crippen LogP contribution < -0.4 is 20.1 Å². The Labute approximate surface area is 184 Å². The van der Waals surface area contributed by atoms with E-state index in [-0.39, 0.29) is 30.5 Å². The van der Waals surface area contributed by atoms with E-state index in [4.69, 9.17) is 9.47 Å². The molecule has 2 aromatic carbocycles. The Morgan fingerprint density at radius 1 is 0.935 bits per heavy atom. The lowest BCUT2D eigenvalue weighted by Crippen LogP contribution is -2.34. The number of methoxy groups -OCH3 is 1. The number of aryl methyl sites for hydroxylation is 2. The molecule has 2 aromatic rings. The molecule has 3 rings (SSSR count). The molecule has 2 amide bonds. The second-order valence-electron chi connectivity index (χ2n) is 8.31. The van der Waals surface area contributed by atoms with Gasteiger partial charge in [-0.05, 0) is 81.3 Å². The summed E-state index contributed by atoms with van der Waals surface area (Å²) in [7, 11) is 1.51. The van der Waals surface area contributed by atoms with Crippen LogP contribution in [-0.2, 0) is 17.6 Å². The summed E-state index contributed by atoms with van der Waals surface area (Å²) in [6, 6.07) is 11.4. The molecule has 0 bridgehead atoms. The number of amides is 2. The number of benzene rings is 2. The van der Waals surface area contributed by atoms with E-state index in [9.17, 15) is 9.59 Å². The quantitative estimate of drug-likeness (QED) is 0.672. The van der Waals surface area contributed by atoms with E-state index in [1.54, 1.807) is 18.2 Å². The van der Waals surface area contributed by atoms with E-state index < -0.39 is 0 Å². The average Bonchev–Trinajstić information content (AvgIpc) is 2.76. The van der Waals surface area contributed by atoms with Crippen molar-refractivity contribution in [1.29, 1.82) is 0 Å². The molecule has 0 saturated carbocycles. The molecule has 0 fully saturated rings. The molecule has 31 heavy (non-hydrogen) atoms. The first kappa shape index (κ1) is 22.7. The van der Waals surface area contributed by atoms with Crippen LogP contribution >= 0.6 is 0 Å². The number of hydrogen-bond donors (Lipinski definition) is 2. The second-order valence-corrected chi connectivity index (χ2v) is 8.31. The molecule has 1 aliphatic carbocycles.